The van der Waals surface area contributed by atoms with Crippen molar-refractivity contribution in [3.8, 4) is 0 Å². The van der Waals surface area contributed by atoms with Gasteiger partial charge in [-0.05, 0) is 43.7 Å². The number of β-lactam (4-membered cyclic amide) rings is 1. The molecule has 13 nitrogen and oxygen atoms in total. The Balaban J connectivity index is 1.20. The molecular weight excluding hydrogens is 560 g/mol. The maximum atomic E-state index is 12.9. The van der Waals surface area contributed by atoms with Gasteiger partial charge in [-0.1, -0.05) is 6.92 Å². The van der Waals surface area contributed by atoms with Crippen LogP contribution in [0, 0.1) is 11.8 Å². The fourth-order valence-electron chi connectivity index (χ4n) is 5.33. The van der Waals surface area contributed by atoms with Crippen molar-refractivity contribution < 1.29 is 33.0 Å². The summed E-state index contributed by atoms with van der Waals surface area (Å²) in [6, 6.07) is 6.28. The molecule has 1 aromatic heterocycles. The summed E-state index contributed by atoms with van der Waals surface area (Å²) in [6.07, 6.45) is 2.37. The Labute approximate surface area is 234 Å². The first-order valence-electron chi connectivity index (χ1n) is 12.6. The molecule has 1 unspecified atom stereocenters. The van der Waals surface area contributed by atoms with Gasteiger partial charge in [0.25, 0.3) is 10.0 Å². The molecule has 15 heteroatoms. The number of carbonyl (C=O) groups is 3. The van der Waals surface area contributed by atoms with Crippen molar-refractivity contribution in [2.24, 2.45) is 11.8 Å². The number of carboxylic acid groups (broad SMARTS) is 1. The lowest BCUT2D eigenvalue weighted by atomic mass is 9.79. The second-order valence-electron chi connectivity index (χ2n) is 9.90. The molecule has 0 aliphatic carbocycles. The number of anilines is 2. The summed E-state index contributed by atoms with van der Waals surface area (Å²) in [5.41, 5.74) is 0.366. The normalized spacial score (nSPS) is 26.7. The predicted molar refractivity (Wildman–Crippen MR) is 145 cm³/mol. The van der Waals surface area contributed by atoms with E-state index in [1.165, 1.54) is 60.2 Å². The molecule has 2 amide bonds. The molecule has 0 radical (unpaired) electrons. The van der Waals surface area contributed by atoms with E-state index in [1.807, 2.05) is 6.92 Å². The fraction of sp³-hybridized carbons (Fsp3) is 0.400. The van der Waals surface area contributed by atoms with Gasteiger partial charge < -0.3 is 25.7 Å². The highest BCUT2D eigenvalue weighted by Gasteiger charge is 2.60. The second-order valence-corrected chi connectivity index (χ2v) is 12.9. The number of amides is 2. The zero-order valence-electron chi connectivity index (χ0n) is 21.5. The molecule has 3 aliphatic rings. The number of nitrogens with zero attached hydrogens (tertiary/aromatic N) is 3. The van der Waals surface area contributed by atoms with Crippen molar-refractivity contribution in [2.75, 3.05) is 16.6 Å². The number of nitrogens with one attached hydrogen (secondary N) is 3. The number of carboxylic acids is 1. The molecule has 2 saturated heterocycles. The highest BCUT2D eigenvalue weighted by molar-refractivity contribution is 8.03. The van der Waals surface area contributed by atoms with Crippen molar-refractivity contribution in [3.05, 3.63) is 53.3 Å². The Bertz CT molecular complexity index is 1470. The Morgan fingerprint density at radius 1 is 1.20 bits per heavy atom. The Hall–Kier alpha value is -3.53. The third-order valence-electron chi connectivity index (χ3n) is 7.24. The van der Waals surface area contributed by atoms with Crippen LogP contribution in [0.25, 0.3) is 0 Å². The number of aliphatic hydroxyl groups is 1. The van der Waals surface area contributed by atoms with E-state index >= 15 is 0 Å². The van der Waals surface area contributed by atoms with Crippen LogP contribution in [0.2, 0.25) is 0 Å². The van der Waals surface area contributed by atoms with E-state index in [0.29, 0.717) is 23.6 Å². The average molecular weight is 589 g/mol. The van der Waals surface area contributed by atoms with Crippen molar-refractivity contribution in [2.45, 2.75) is 48.6 Å². The van der Waals surface area contributed by atoms with Gasteiger partial charge in [0.1, 0.15) is 5.70 Å². The quantitative estimate of drug-likeness (QED) is 0.261. The van der Waals surface area contributed by atoms with E-state index in [1.54, 1.807) is 6.07 Å². The van der Waals surface area contributed by atoms with Crippen LogP contribution in [0.15, 0.2) is 58.2 Å². The zero-order chi connectivity index (χ0) is 28.8. The minimum absolute atomic E-state index is 0.0254. The van der Waals surface area contributed by atoms with Crippen LogP contribution in [0.4, 0.5) is 11.6 Å². The highest BCUT2D eigenvalue weighted by atomic mass is 32.2. The summed E-state index contributed by atoms with van der Waals surface area (Å²) in [7, 11) is -3.91. The summed E-state index contributed by atoms with van der Waals surface area (Å²) >= 11 is 1.35. The van der Waals surface area contributed by atoms with Crippen LogP contribution in [0.5, 0.6) is 0 Å². The number of rotatable bonds is 9. The highest BCUT2D eigenvalue weighted by Crippen LogP contribution is 2.51. The molecule has 6 atom stereocenters. The number of hydrogen-bond acceptors (Lipinski definition) is 10. The molecule has 0 spiro atoms. The van der Waals surface area contributed by atoms with E-state index in [0.717, 1.165) is 0 Å². The fourth-order valence-corrected chi connectivity index (χ4v) is 7.77. The van der Waals surface area contributed by atoms with Gasteiger partial charge >= 0.3 is 5.97 Å². The molecule has 0 saturated carbocycles. The summed E-state index contributed by atoms with van der Waals surface area (Å²) in [4.78, 5) is 47.0. The average Bonchev–Trinajstić information content (AvgIpc) is 3.46. The number of benzene rings is 1. The van der Waals surface area contributed by atoms with Gasteiger partial charge in [0.2, 0.25) is 17.8 Å². The van der Waals surface area contributed by atoms with Crippen LogP contribution in [-0.2, 0) is 24.4 Å². The molecule has 5 rings (SSSR count). The number of aliphatic carboxylic acids is 1. The first-order chi connectivity index (χ1) is 19.0. The zero-order valence-corrected chi connectivity index (χ0v) is 23.1. The van der Waals surface area contributed by atoms with Gasteiger partial charge in [-0.15, -0.1) is 11.8 Å². The van der Waals surface area contributed by atoms with Crippen molar-refractivity contribution in [1.29, 1.82) is 0 Å². The molecule has 1 aromatic carbocycles. The Morgan fingerprint density at radius 2 is 1.88 bits per heavy atom. The topological polar surface area (TPSA) is 191 Å². The standard InChI is InChI=1S/C25H28N6O7S2/c1-12-19-18(13(2)32)23(34)31(19)20(24(35)36)21(12)39-15-10-17(28-11-15)22(33)29-14-4-6-16(7-5-14)40(37,38)30-25-26-8-3-9-27-25/h3-9,12-13,15,17-19,28,32H,10-11H2,1-2H3,(H,29,33)(H,35,36)(H,26,27,30)/t12-,13-,15+,17+,18-,19?/m1/s1. The largest absolute Gasteiger partial charge is 0.477 e. The number of fused-ring (bicyclic) bond motifs is 1. The van der Waals surface area contributed by atoms with E-state index in [2.05, 4.69) is 25.3 Å². The van der Waals surface area contributed by atoms with Crippen LogP contribution in [-0.4, -0.2) is 81.3 Å². The maximum absolute atomic E-state index is 12.9. The number of aliphatic hydroxyl groups excluding tert-OH is 1. The molecule has 3 aliphatic heterocycles. The lowest BCUT2D eigenvalue weighted by molar-refractivity contribution is -0.163. The number of aromatic nitrogens is 2. The monoisotopic (exact) mass is 588 g/mol. The van der Waals surface area contributed by atoms with Gasteiger partial charge in [-0.2, -0.15) is 0 Å². The molecule has 2 fully saturated rings. The third-order valence-corrected chi connectivity index (χ3v) is 10.1. The molecule has 40 heavy (non-hydrogen) atoms. The minimum Gasteiger partial charge on any atom is -0.477 e. The second kappa shape index (κ2) is 10.8. The molecule has 4 heterocycles. The Morgan fingerprint density at radius 3 is 2.50 bits per heavy atom. The van der Waals surface area contributed by atoms with Crippen molar-refractivity contribution in [1.82, 2.24) is 20.2 Å². The van der Waals surface area contributed by atoms with Gasteiger partial charge in [-0.25, -0.2) is 27.9 Å². The lowest BCUT2D eigenvalue weighted by Gasteiger charge is -2.46. The summed E-state index contributed by atoms with van der Waals surface area (Å²) in [5, 5.41) is 25.7. The van der Waals surface area contributed by atoms with Crippen molar-refractivity contribution >= 4 is 51.2 Å². The van der Waals surface area contributed by atoms with Crippen LogP contribution in [0.1, 0.15) is 20.3 Å². The lowest BCUT2D eigenvalue weighted by Crippen LogP contribution is -2.63. The maximum Gasteiger partial charge on any atom is 0.353 e. The predicted octanol–water partition coefficient (Wildman–Crippen LogP) is 0.833. The van der Waals surface area contributed by atoms with Gasteiger partial charge in [0.15, 0.2) is 0 Å². The molecule has 0 bridgehead atoms. The minimum atomic E-state index is -3.91. The van der Waals surface area contributed by atoms with Gasteiger partial charge in [0.05, 0.1) is 29.0 Å². The van der Waals surface area contributed by atoms with Crippen LogP contribution < -0.4 is 15.4 Å². The molecule has 5 N–H and O–H groups in total. The number of sulfonamides is 1. The molecular formula is C25H28N6O7S2. The third kappa shape index (κ3) is 5.16. The van der Waals surface area contributed by atoms with Crippen LogP contribution >= 0.6 is 11.8 Å². The van der Waals surface area contributed by atoms with Crippen LogP contribution in [0.3, 0.4) is 0 Å². The van der Waals surface area contributed by atoms with Crippen molar-refractivity contribution in [3.63, 3.8) is 0 Å². The SMILES string of the molecule is C[C@H]1C(S[C@@H]2CN[C@H](C(=O)Nc3ccc(S(=O)(=O)Nc4ncccn4)cc3)C2)=C(C(=O)O)N2C(=O)[C@H]([C@@H](C)O)C12. The van der Waals surface area contributed by atoms with E-state index in [4.69, 9.17) is 0 Å². The summed E-state index contributed by atoms with van der Waals surface area (Å²) in [6.45, 7) is 3.84. The first kappa shape index (κ1) is 28.0. The van der Waals surface area contributed by atoms with Gasteiger partial charge in [0, 0.05) is 40.7 Å². The number of hydrogen-bond donors (Lipinski definition) is 5. The number of thioether (sulfide) groups is 1. The summed E-state index contributed by atoms with van der Waals surface area (Å²) < 4.78 is 27.4. The van der Waals surface area contributed by atoms with E-state index in [-0.39, 0.29) is 39.5 Å². The summed E-state index contributed by atoms with van der Waals surface area (Å²) in [5.74, 6) is -2.83. The van der Waals surface area contributed by atoms with E-state index in [9.17, 15) is 33.0 Å². The molecule has 2 aromatic rings. The molecule has 212 valence electrons. The number of carbonyl (C=O) groups excluding carboxylic acids is 2. The Kier molecular flexibility index (Phi) is 7.56. The first-order valence-corrected chi connectivity index (χ1v) is 14.9. The smallest absolute Gasteiger partial charge is 0.353 e. The van der Waals surface area contributed by atoms with E-state index < -0.39 is 40.1 Å². The van der Waals surface area contributed by atoms with Gasteiger partial charge in [-0.3, -0.25) is 9.59 Å².